The quantitative estimate of drug-likeness (QED) is 0.837. The Hall–Kier alpha value is -1.04. The average Bonchev–Trinajstić information content (AvgIpc) is 2.47. The van der Waals surface area contributed by atoms with Gasteiger partial charge in [-0.3, -0.25) is 4.90 Å². The number of morpholine rings is 1. The molecule has 0 saturated carbocycles. The first-order valence-electron chi connectivity index (χ1n) is 7.68. The molecule has 0 spiro atoms. The van der Waals surface area contributed by atoms with Gasteiger partial charge in [0.15, 0.2) is 0 Å². The van der Waals surface area contributed by atoms with Crippen LogP contribution in [-0.4, -0.2) is 44.3 Å². The smallest absolute Gasteiger partial charge is 0.126 e. The van der Waals surface area contributed by atoms with Crippen LogP contribution in [0.15, 0.2) is 18.2 Å². The van der Waals surface area contributed by atoms with E-state index in [0.29, 0.717) is 5.56 Å². The standard InChI is InChI=1S/C16H24F2N2O/c1-2-4-19-16(3-5-20-6-8-21-9-7-20)13-10-14(17)12-15(18)11-13/h10-12,16,19H,2-9H2,1H3. The largest absolute Gasteiger partial charge is 0.379 e. The SMILES string of the molecule is CCCNC(CCN1CCOCC1)c1cc(F)cc(F)c1. The summed E-state index contributed by atoms with van der Waals surface area (Å²) < 4.78 is 32.2. The molecule has 1 heterocycles. The Labute approximate surface area is 125 Å². The van der Waals surface area contributed by atoms with Crippen molar-refractivity contribution in [2.45, 2.75) is 25.8 Å². The number of nitrogens with one attached hydrogen (secondary N) is 1. The molecular formula is C16H24F2N2O. The van der Waals surface area contributed by atoms with E-state index in [-0.39, 0.29) is 6.04 Å². The van der Waals surface area contributed by atoms with Crippen molar-refractivity contribution in [2.75, 3.05) is 39.4 Å². The van der Waals surface area contributed by atoms with Crippen molar-refractivity contribution in [1.82, 2.24) is 10.2 Å². The molecule has 1 saturated heterocycles. The summed E-state index contributed by atoms with van der Waals surface area (Å²) in [5, 5.41) is 3.39. The van der Waals surface area contributed by atoms with Crippen molar-refractivity contribution in [1.29, 1.82) is 0 Å². The van der Waals surface area contributed by atoms with E-state index in [2.05, 4.69) is 17.1 Å². The van der Waals surface area contributed by atoms with Crippen LogP contribution >= 0.6 is 0 Å². The van der Waals surface area contributed by atoms with Gasteiger partial charge in [-0.2, -0.15) is 0 Å². The topological polar surface area (TPSA) is 24.5 Å². The lowest BCUT2D eigenvalue weighted by Gasteiger charge is -2.29. The van der Waals surface area contributed by atoms with E-state index in [1.165, 1.54) is 12.1 Å². The number of rotatable bonds is 7. The van der Waals surface area contributed by atoms with Crippen LogP contribution < -0.4 is 5.32 Å². The first-order valence-corrected chi connectivity index (χ1v) is 7.68. The predicted molar refractivity (Wildman–Crippen MR) is 79.3 cm³/mol. The molecule has 0 radical (unpaired) electrons. The third-order valence-electron chi connectivity index (χ3n) is 3.77. The van der Waals surface area contributed by atoms with Crippen molar-refractivity contribution in [3.63, 3.8) is 0 Å². The first kappa shape index (κ1) is 16.3. The van der Waals surface area contributed by atoms with E-state index in [9.17, 15) is 8.78 Å². The minimum Gasteiger partial charge on any atom is -0.379 e. The van der Waals surface area contributed by atoms with Crippen LogP contribution in [0.2, 0.25) is 0 Å². The van der Waals surface area contributed by atoms with Gasteiger partial charge in [0.2, 0.25) is 0 Å². The van der Waals surface area contributed by atoms with Gasteiger partial charge in [-0.05, 0) is 37.1 Å². The molecule has 1 aromatic carbocycles. The number of hydrogen-bond acceptors (Lipinski definition) is 3. The van der Waals surface area contributed by atoms with E-state index in [0.717, 1.165) is 58.3 Å². The molecule has 5 heteroatoms. The summed E-state index contributed by atoms with van der Waals surface area (Å²) in [4.78, 5) is 2.33. The molecule has 118 valence electrons. The molecule has 1 N–H and O–H groups in total. The van der Waals surface area contributed by atoms with Crippen LogP contribution in [0.3, 0.4) is 0 Å². The van der Waals surface area contributed by atoms with E-state index in [4.69, 9.17) is 4.74 Å². The van der Waals surface area contributed by atoms with Crippen LogP contribution in [0.5, 0.6) is 0 Å². The molecule has 1 unspecified atom stereocenters. The minimum atomic E-state index is -0.514. The highest BCUT2D eigenvalue weighted by atomic mass is 19.1. The molecule has 0 amide bonds. The molecule has 1 aliphatic rings. The van der Waals surface area contributed by atoms with Crippen molar-refractivity contribution in [3.8, 4) is 0 Å². The van der Waals surface area contributed by atoms with Gasteiger partial charge in [0, 0.05) is 31.7 Å². The van der Waals surface area contributed by atoms with Crippen molar-refractivity contribution < 1.29 is 13.5 Å². The van der Waals surface area contributed by atoms with Crippen LogP contribution in [-0.2, 0) is 4.74 Å². The van der Waals surface area contributed by atoms with Gasteiger partial charge in [-0.1, -0.05) is 6.92 Å². The van der Waals surface area contributed by atoms with Gasteiger partial charge < -0.3 is 10.1 Å². The van der Waals surface area contributed by atoms with E-state index < -0.39 is 11.6 Å². The second-order valence-corrected chi connectivity index (χ2v) is 5.45. The molecule has 1 fully saturated rings. The average molecular weight is 298 g/mol. The zero-order valence-corrected chi connectivity index (χ0v) is 12.6. The summed E-state index contributed by atoms with van der Waals surface area (Å²) in [5.41, 5.74) is 0.689. The number of hydrogen-bond donors (Lipinski definition) is 1. The third kappa shape index (κ3) is 5.34. The molecule has 2 rings (SSSR count). The highest BCUT2D eigenvalue weighted by Crippen LogP contribution is 2.20. The summed E-state index contributed by atoms with van der Waals surface area (Å²) in [7, 11) is 0. The Morgan fingerprint density at radius 2 is 1.86 bits per heavy atom. The van der Waals surface area contributed by atoms with Crippen molar-refractivity contribution in [3.05, 3.63) is 35.4 Å². The second-order valence-electron chi connectivity index (χ2n) is 5.45. The van der Waals surface area contributed by atoms with Crippen LogP contribution in [0.1, 0.15) is 31.4 Å². The second kappa shape index (κ2) is 8.41. The van der Waals surface area contributed by atoms with Gasteiger partial charge in [-0.25, -0.2) is 8.78 Å². The molecule has 21 heavy (non-hydrogen) atoms. The third-order valence-corrected chi connectivity index (χ3v) is 3.77. The van der Waals surface area contributed by atoms with E-state index in [1.54, 1.807) is 0 Å². The number of halogens is 2. The fourth-order valence-electron chi connectivity index (χ4n) is 2.62. The molecule has 1 atom stereocenters. The molecule has 1 aliphatic heterocycles. The van der Waals surface area contributed by atoms with E-state index >= 15 is 0 Å². The minimum absolute atomic E-state index is 0.0157. The van der Waals surface area contributed by atoms with Crippen LogP contribution in [0.25, 0.3) is 0 Å². The van der Waals surface area contributed by atoms with Crippen LogP contribution in [0.4, 0.5) is 8.78 Å². The fourth-order valence-corrected chi connectivity index (χ4v) is 2.62. The Morgan fingerprint density at radius 1 is 1.19 bits per heavy atom. The van der Waals surface area contributed by atoms with Gasteiger partial charge in [0.1, 0.15) is 11.6 Å². The molecule has 3 nitrogen and oxygen atoms in total. The molecular weight excluding hydrogens is 274 g/mol. The maximum atomic E-state index is 13.4. The highest BCUT2D eigenvalue weighted by Gasteiger charge is 2.16. The number of ether oxygens (including phenoxy) is 1. The van der Waals surface area contributed by atoms with Gasteiger partial charge in [0.05, 0.1) is 13.2 Å². The summed E-state index contributed by atoms with van der Waals surface area (Å²) in [6.07, 6.45) is 1.83. The zero-order chi connectivity index (χ0) is 15.1. The van der Waals surface area contributed by atoms with Crippen LogP contribution in [0, 0.1) is 11.6 Å². The maximum Gasteiger partial charge on any atom is 0.126 e. The Morgan fingerprint density at radius 3 is 2.48 bits per heavy atom. The molecule has 0 bridgehead atoms. The fraction of sp³-hybridized carbons (Fsp3) is 0.625. The van der Waals surface area contributed by atoms with Gasteiger partial charge in [0.25, 0.3) is 0 Å². The van der Waals surface area contributed by atoms with Crippen molar-refractivity contribution >= 4 is 0 Å². The molecule has 0 aromatic heterocycles. The lowest BCUT2D eigenvalue weighted by molar-refractivity contribution is 0.0361. The Balaban J connectivity index is 1.98. The molecule has 0 aliphatic carbocycles. The monoisotopic (exact) mass is 298 g/mol. The van der Waals surface area contributed by atoms with E-state index in [1.807, 2.05) is 0 Å². The Bertz CT molecular complexity index is 416. The summed E-state index contributed by atoms with van der Waals surface area (Å²) in [6.45, 7) is 7.21. The number of nitrogens with zero attached hydrogens (tertiary/aromatic N) is 1. The predicted octanol–water partition coefficient (Wildman–Crippen LogP) is 2.73. The summed E-state index contributed by atoms with van der Waals surface area (Å²) in [5.74, 6) is -1.03. The van der Waals surface area contributed by atoms with Gasteiger partial charge >= 0.3 is 0 Å². The van der Waals surface area contributed by atoms with Gasteiger partial charge in [-0.15, -0.1) is 0 Å². The first-order chi connectivity index (χ1) is 10.2. The summed E-state index contributed by atoms with van der Waals surface area (Å²) >= 11 is 0. The lowest BCUT2D eigenvalue weighted by Crippen LogP contribution is -2.38. The molecule has 1 aromatic rings. The summed E-state index contributed by atoms with van der Waals surface area (Å²) in [6, 6.07) is 3.76. The Kier molecular flexibility index (Phi) is 6.54. The number of benzene rings is 1. The highest BCUT2D eigenvalue weighted by molar-refractivity contribution is 5.21. The zero-order valence-electron chi connectivity index (χ0n) is 12.6. The maximum absolute atomic E-state index is 13.4. The van der Waals surface area contributed by atoms with Crippen molar-refractivity contribution in [2.24, 2.45) is 0 Å². The lowest BCUT2D eigenvalue weighted by atomic mass is 10.0. The normalized spacial score (nSPS) is 17.9.